The molecule has 2 aromatic rings. The highest BCUT2D eigenvalue weighted by atomic mass is 14.8. The fraction of sp³-hybridized carbons (Fsp3) is 0.154. The third kappa shape index (κ3) is 1.55. The Labute approximate surface area is 94.1 Å². The number of rotatable bonds is 1. The van der Waals surface area contributed by atoms with Crippen molar-refractivity contribution in [3.8, 4) is 6.07 Å². The Morgan fingerprint density at radius 1 is 1.44 bits per heavy atom. The van der Waals surface area contributed by atoms with Crippen LogP contribution >= 0.6 is 0 Å². The second-order valence-corrected chi connectivity index (χ2v) is 3.49. The Morgan fingerprint density at radius 3 is 2.94 bits per heavy atom. The number of aromatic nitrogens is 2. The second kappa shape index (κ2) is 4.11. The molecule has 0 aromatic carbocycles. The molecule has 0 unspecified atom stereocenters. The molecule has 0 amide bonds. The summed E-state index contributed by atoms with van der Waals surface area (Å²) in [6.07, 6.45) is 5.63. The van der Waals surface area contributed by atoms with Crippen LogP contribution in [0.5, 0.6) is 0 Å². The second-order valence-electron chi connectivity index (χ2n) is 3.49. The zero-order valence-electron chi connectivity index (χ0n) is 9.23. The molecule has 0 fully saturated rings. The lowest BCUT2D eigenvalue weighted by Gasteiger charge is -2.06. The van der Waals surface area contributed by atoms with Crippen LogP contribution in [0.1, 0.15) is 23.7 Å². The van der Waals surface area contributed by atoms with Gasteiger partial charge < -0.3 is 0 Å². The van der Waals surface area contributed by atoms with Gasteiger partial charge in [0.1, 0.15) is 11.8 Å². The molecule has 0 aliphatic carbocycles. The zero-order chi connectivity index (χ0) is 11.5. The maximum absolute atomic E-state index is 9.01. The van der Waals surface area contributed by atoms with E-state index in [2.05, 4.69) is 16.0 Å². The monoisotopic (exact) mass is 209 g/mol. The normalized spacial score (nSPS) is 10.8. The Bertz CT molecular complexity index is 606. The van der Waals surface area contributed by atoms with Gasteiger partial charge in [-0.1, -0.05) is 12.2 Å². The van der Waals surface area contributed by atoms with Crippen molar-refractivity contribution in [3.63, 3.8) is 0 Å². The van der Waals surface area contributed by atoms with Gasteiger partial charge in [-0.15, -0.1) is 0 Å². The van der Waals surface area contributed by atoms with E-state index in [-0.39, 0.29) is 0 Å². The highest BCUT2D eigenvalue weighted by Crippen LogP contribution is 2.22. The van der Waals surface area contributed by atoms with Crippen LogP contribution in [0.25, 0.3) is 17.1 Å². The standard InChI is InChI=1S/C13H11N3/c1-3-5-10-9(2)12(8-14)16-13-11(10)6-4-7-15-13/h3-7H,1-2H3/b5-3-. The summed E-state index contributed by atoms with van der Waals surface area (Å²) in [6.45, 7) is 3.86. The fourth-order valence-electron chi connectivity index (χ4n) is 1.71. The molecule has 0 spiro atoms. The quantitative estimate of drug-likeness (QED) is 0.725. The van der Waals surface area contributed by atoms with Gasteiger partial charge in [-0.05, 0) is 37.1 Å². The van der Waals surface area contributed by atoms with Crippen LogP contribution < -0.4 is 0 Å². The van der Waals surface area contributed by atoms with Crippen molar-refractivity contribution in [2.45, 2.75) is 13.8 Å². The minimum absolute atomic E-state index is 0.444. The topological polar surface area (TPSA) is 49.6 Å². The molecule has 2 heterocycles. The van der Waals surface area contributed by atoms with E-state index in [4.69, 9.17) is 5.26 Å². The van der Waals surface area contributed by atoms with Gasteiger partial charge in [0.25, 0.3) is 0 Å². The first-order valence-corrected chi connectivity index (χ1v) is 5.06. The third-order valence-electron chi connectivity index (χ3n) is 2.49. The highest BCUT2D eigenvalue weighted by Gasteiger charge is 2.09. The van der Waals surface area contributed by atoms with Crippen LogP contribution in [0.3, 0.4) is 0 Å². The Hall–Kier alpha value is -2.21. The summed E-state index contributed by atoms with van der Waals surface area (Å²) in [6, 6.07) is 5.95. The summed E-state index contributed by atoms with van der Waals surface area (Å²) in [5.41, 5.74) is 3.00. The average molecular weight is 209 g/mol. The van der Waals surface area contributed by atoms with E-state index in [1.54, 1.807) is 6.20 Å². The first-order valence-electron chi connectivity index (χ1n) is 5.06. The predicted molar refractivity (Wildman–Crippen MR) is 63.7 cm³/mol. The molecule has 0 radical (unpaired) electrons. The molecule has 16 heavy (non-hydrogen) atoms. The molecule has 0 N–H and O–H groups in total. The van der Waals surface area contributed by atoms with Crippen molar-refractivity contribution in [1.29, 1.82) is 5.26 Å². The first-order chi connectivity index (χ1) is 7.77. The average Bonchev–Trinajstić information content (AvgIpc) is 2.32. The molecule has 78 valence electrons. The number of allylic oxidation sites excluding steroid dienone is 1. The maximum atomic E-state index is 9.01. The van der Waals surface area contributed by atoms with Crippen LogP contribution in [-0.2, 0) is 0 Å². The smallest absolute Gasteiger partial charge is 0.161 e. The number of pyridine rings is 2. The van der Waals surface area contributed by atoms with E-state index >= 15 is 0 Å². The van der Waals surface area contributed by atoms with E-state index in [0.29, 0.717) is 11.3 Å². The van der Waals surface area contributed by atoms with Crippen molar-refractivity contribution in [2.75, 3.05) is 0 Å². The van der Waals surface area contributed by atoms with Crippen molar-refractivity contribution >= 4 is 17.1 Å². The number of hydrogen-bond acceptors (Lipinski definition) is 3. The first kappa shape index (κ1) is 10.3. The summed E-state index contributed by atoms with van der Waals surface area (Å²) in [5, 5.41) is 9.99. The lowest BCUT2D eigenvalue weighted by Crippen LogP contribution is -1.96. The number of fused-ring (bicyclic) bond motifs is 1. The molecule has 3 nitrogen and oxygen atoms in total. The van der Waals surface area contributed by atoms with Gasteiger partial charge in [-0.2, -0.15) is 5.26 Å². The van der Waals surface area contributed by atoms with Gasteiger partial charge >= 0.3 is 0 Å². The molecule has 0 bridgehead atoms. The summed E-state index contributed by atoms with van der Waals surface area (Å²) in [4.78, 5) is 8.41. The van der Waals surface area contributed by atoms with Crippen LogP contribution in [0.4, 0.5) is 0 Å². The molecule has 2 aromatic heterocycles. The summed E-state index contributed by atoms with van der Waals surface area (Å²) in [5.74, 6) is 0. The van der Waals surface area contributed by atoms with E-state index in [1.165, 1.54) is 0 Å². The number of nitriles is 1. The largest absolute Gasteiger partial charge is 0.237 e. The van der Waals surface area contributed by atoms with E-state index in [1.807, 2.05) is 38.1 Å². The Kier molecular flexibility index (Phi) is 2.65. The van der Waals surface area contributed by atoms with Gasteiger partial charge in [-0.25, -0.2) is 9.97 Å². The molecule has 0 saturated carbocycles. The van der Waals surface area contributed by atoms with E-state index in [9.17, 15) is 0 Å². The van der Waals surface area contributed by atoms with Gasteiger partial charge in [0, 0.05) is 11.6 Å². The van der Waals surface area contributed by atoms with Crippen molar-refractivity contribution < 1.29 is 0 Å². The Balaban J connectivity index is 2.92. The lowest BCUT2D eigenvalue weighted by atomic mass is 10.0. The van der Waals surface area contributed by atoms with Crippen molar-refractivity contribution in [3.05, 3.63) is 41.2 Å². The molecular formula is C13H11N3. The number of nitrogens with zero attached hydrogens (tertiary/aromatic N) is 3. The van der Waals surface area contributed by atoms with Crippen molar-refractivity contribution in [1.82, 2.24) is 9.97 Å². The zero-order valence-corrected chi connectivity index (χ0v) is 9.23. The maximum Gasteiger partial charge on any atom is 0.161 e. The lowest BCUT2D eigenvalue weighted by molar-refractivity contribution is 1.21. The van der Waals surface area contributed by atoms with Crippen molar-refractivity contribution in [2.24, 2.45) is 0 Å². The summed E-state index contributed by atoms with van der Waals surface area (Å²) < 4.78 is 0. The van der Waals surface area contributed by atoms with E-state index in [0.717, 1.165) is 16.5 Å². The molecule has 0 aliphatic rings. The molecule has 0 saturated heterocycles. The summed E-state index contributed by atoms with van der Waals surface area (Å²) in [7, 11) is 0. The molecule has 0 aliphatic heterocycles. The fourth-order valence-corrected chi connectivity index (χ4v) is 1.71. The van der Waals surface area contributed by atoms with Crippen LogP contribution in [0, 0.1) is 18.3 Å². The van der Waals surface area contributed by atoms with Crippen LogP contribution in [0.2, 0.25) is 0 Å². The third-order valence-corrected chi connectivity index (χ3v) is 2.49. The highest BCUT2D eigenvalue weighted by molar-refractivity contribution is 5.87. The number of hydrogen-bond donors (Lipinski definition) is 0. The molecular weight excluding hydrogens is 198 g/mol. The molecule has 2 rings (SSSR count). The summed E-state index contributed by atoms with van der Waals surface area (Å²) >= 11 is 0. The van der Waals surface area contributed by atoms with Crippen LogP contribution in [0.15, 0.2) is 24.4 Å². The molecule has 0 atom stereocenters. The predicted octanol–water partition coefficient (Wildman–Crippen LogP) is 2.84. The van der Waals surface area contributed by atoms with Gasteiger partial charge in [0.15, 0.2) is 5.65 Å². The Morgan fingerprint density at radius 2 is 2.25 bits per heavy atom. The van der Waals surface area contributed by atoms with E-state index < -0.39 is 0 Å². The molecule has 3 heteroatoms. The van der Waals surface area contributed by atoms with Gasteiger partial charge in [0.05, 0.1) is 0 Å². The van der Waals surface area contributed by atoms with Crippen LogP contribution in [-0.4, -0.2) is 9.97 Å². The SMILES string of the molecule is C/C=C\c1c(C)c(C#N)nc2ncccc12. The van der Waals surface area contributed by atoms with Gasteiger partial charge in [0.2, 0.25) is 0 Å². The minimum Gasteiger partial charge on any atom is -0.237 e. The van der Waals surface area contributed by atoms with Gasteiger partial charge in [-0.3, -0.25) is 0 Å². The minimum atomic E-state index is 0.444.